The van der Waals surface area contributed by atoms with Crippen LogP contribution in [0.15, 0.2) is 0 Å². The van der Waals surface area contributed by atoms with Crippen molar-refractivity contribution in [2.24, 2.45) is 5.92 Å². The van der Waals surface area contributed by atoms with Crippen LogP contribution in [0.3, 0.4) is 0 Å². The summed E-state index contributed by atoms with van der Waals surface area (Å²) in [5, 5.41) is 28.1. The molecule has 0 unspecified atom stereocenters. The fraction of sp³-hybridized carbons (Fsp3) is 0.833. The molecule has 1 heterocycles. The predicted molar refractivity (Wildman–Crippen MR) is 91.1 cm³/mol. The maximum atomic E-state index is 11.9. The van der Waals surface area contributed by atoms with Gasteiger partial charge in [-0.15, -0.1) is 0 Å². The van der Waals surface area contributed by atoms with Gasteiger partial charge in [-0.2, -0.15) is 5.26 Å². The van der Waals surface area contributed by atoms with E-state index in [2.05, 4.69) is 16.5 Å². The zero-order chi connectivity index (χ0) is 19.6. The Hall–Kier alpha value is -1.67. The Bertz CT molecular complexity index is 478. The molecule has 150 valence electrons. The lowest BCUT2D eigenvalue weighted by Gasteiger charge is -2.23. The quantitative estimate of drug-likeness (QED) is 0.194. The molecule has 0 bridgehead atoms. The van der Waals surface area contributed by atoms with Crippen LogP contribution >= 0.6 is 0 Å². The van der Waals surface area contributed by atoms with Crippen LogP contribution in [-0.4, -0.2) is 45.1 Å². The van der Waals surface area contributed by atoms with E-state index in [0.717, 1.165) is 25.7 Å². The topological polar surface area (TPSA) is 130 Å². The third kappa shape index (κ3) is 5.95. The van der Waals surface area contributed by atoms with Crippen molar-refractivity contribution in [3.8, 4) is 0 Å². The molecule has 0 radical (unpaired) electrons. The molecule has 0 aliphatic carbocycles. The number of aliphatic hydroxyl groups is 1. The van der Waals surface area contributed by atoms with Crippen LogP contribution in [0.4, 0.5) is 0 Å². The minimum atomic E-state index is -2.29. The minimum absolute atomic E-state index is 0.119. The smallest absolute Gasteiger partial charge is 0.353 e. The highest BCUT2D eigenvalue weighted by Gasteiger charge is 2.63. The summed E-state index contributed by atoms with van der Waals surface area (Å²) in [7, 11) is 0. The Kier molecular flexibility index (Phi) is 9.58. The number of hydrogen-bond acceptors (Lipinski definition) is 7. The highest BCUT2D eigenvalue weighted by atomic mass is 17.1. The molecular weight excluding hydrogens is 344 g/mol. The van der Waals surface area contributed by atoms with Crippen molar-refractivity contribution < 1.29 is 39.5 Å². The average Bonchev–Trinajstić information content (AvgIpc) is 2.88. The van der Waals surface area contributed by atoms with Gasteiger partial charge in [0.05, 0.1) is 0 Å². The molecule has 1 rings (SSSR count). The van der Waals surface area contributed by atoms with E-state index in [-0.39, 0.29) is 6.42 Å². The standard InChI is InChI=1S/C18H30O8/c1-2-3-4-5-6-7-8-9-10-11-12-18(23)13(16(21)26-24)14(15(19)20)25-17(18)22/h13-14,23-24H,2-12H2,1H3,(H,19,20)/t13-,14+,18-/m1/s1. The molecule has 1 saturated heterocycles. The van der Waals surface area contributed by atoms with E-state index in [1.165, 1.54) is 32.1 Å². The number of ether oxygens (including phenoxy) is 1. The van der Waals surface area contributed by atoms with Gasteiger partial charge in [-0.05, 0) is 12.8 Å². The molecule has 0 aromatic rings. The van der Waals surface area contributed by atoms with Crippen molar-refractivity contribution in [3.63, 3.8) is 0 Å². The Balaban J connectivity index is 2.40. The van der Waals surface area contributed by atoms with Gasteiger partial charge in [0.15, 0.2) is 5.60 Å². The second-order valence-corrected chi connectivity index (χ2v) is 6.91. The van der Waals surface area contributed by atoms with Gasteiger partial charge in [-0.3, -0.25) is 0 Å². The monoisotopic (exact) mass is 374 g/mol. The van der Waals surface area contributed by atoms with Crippen LogP contribution in [0.2, 0.25) is 0 Å². The number of rotatable bonds is 13. The van der Waals surface area contributed by atoms with Crippen LogP contribution < -0.4 is 0 Å². The summed E-state index contributed by atoms with van der Waals surface area (Å²) < 4.78 is 4.62. The molecule has 3 atom stereocenters. The molecule has 0 aromatic carbocycles. The third-order valence-electron chi connectivity index (χ3n) is 4.90. The third-order valence-corrected chi connectivity index (χ3v) is 4.90. The molecule has 0 saturated carbocycles. The maximum absolute atomic E-state index is 11.9. The van der Waals surface area contributed by atoms with Crippen molar-refractivity contribution in [1.29, 1.82) is 0 Å². The first kappa shape index (κ1) is 22.4. The predicted octanol–water partition coefficient (Wildman–Crippen LogP) is 2.67. The number of cyclic esters (lactones) is 1. The number of esters is 1. The Morgan fingerprint density at radius 3 is 2.00 bits per heavy atom. The zero-order valence-electron chi connectivity index (χ0n) is 15.3. The number of hydrogen-bond donors (Lipinski definition) is 3. The lowest BCUT2D eigenvalue weighted by molar-refractivity contribution is -0.245. The van der Waals surface area contributed by atoms with E-state index < -0.39 is 35.5 Å². The zero-order valence-corrected chi connectivity index (χ0v) is 15.3. The molecule has 0 spiro atoms. The minimum Gasteiger partial charge on any atom is -0.478 e. The van der Waals surface area contributed by atoms with Crippen molar-refractivity contribution in [3.05, 3.63) is 0 Å². The summed E-state index contributed by atoms with van der Waals surface area (Å²) in [4.78, 5) is 38.2. The SMILES string of the molecule is CCCCCCCCCCCC[C@]1(O)C(=O)O[C@H](C(=O)O)[C@@H]1C(=O)OO. The number of carboxylic acids is 1. The van der Waals surface area contributed by atoms with E-state index in [4.69, 9.17) is 10.4 Å². The van der Waals surface area contributed by atoms with E-state index in [9.17, 15) is 19.5 Å². The Morgan fingerprint density at radius 2 is 1.54 bits per heavy atom. The fourth-order valence-corrected chi connectivity index (χ4v) is 3.37. The number of aliphatic carboxylic acids is 1. The maximum Gasteiger partial charge on any atom is 0.353 e. The van der Waals surface area contributed by atoms with Gasteiger partial charge < -0.3 is 19.8 Å². The number of carboxylic acid groups (broad SMARTS) is 1. The van der Waals surface area contributed by atoms with Crippen LogP contribution in [-0.2, 0) is 24.0 Å². The highest BCUT2D eigenvalue weighted by Crippen LogP contribution is 2.37. The molecule has 1 fully saturated rings. The summed E-state index contributed by atoms with van der Waals surface area (Å²) in [6.45, 7) is 2.18. The highest BCUT2D eigenvalue weighted by molar-refractivity contribution is 5.96. The Morgan fingerprint density at radius 1 is 1.04 bits per heavy atom. The van der Waals surface area contributed by atoms with Gasteiger partial charge in [0.2, 0.25) is 6.10 Å². The second kappa shape index (κ2) is 11.1. The number of unbranched alkanes of at least 4 members (excludes halogenated alkanes) is 9. The first-order valence-electron chi connectivity index (χ1n) is 9.40. The molecule has 26 heavy (non-hydrogen) atoms. The summed E-state index contributed by atoms with van der Waals surface area (Å²) >= 11 is 0. The van der Waals surface area contributed by atoms with E-state index in [1.807, 2.05) is 0 Å². The van der Waals surface area contributed by atoms with Crippen molar-refractivity contribution >= 4 is 17.9 Å². The van der Waals surface area contributed by atoms with Gasteiger partial charge in [0.25, 0.3) is 0 Å². The normalized spacial score (nSPS) is 25.1. The molecular formula is C18H30O8. The average molecular weight is 374 g/mol. The van der Waals surface area contributed by atoms with E-state index in [1.54, 1.807) is 0 Å². The van der Waals surface area contributed by atoms with Crippen molar-refractivity contribution in [2.75, 3.05) is 0 Å². The molecule has 0 aromatic heterocycles. The Labute approximate surface area is 153 Å². The number of carbonyl (C=O) groups excluding carboxylic acids is 2. The van der Waals surface area contributed by atoms with Crippen LogP contribution in [0.25, 0.3) is 0 Å². The summed E-state index contributed by atoms with van der Waals surface area (Å²) in [5.41, 5.74) is -2.29. The van der Waals surface area contributed by atoms with Crippen LogP contribution in [0, 0.1) is 5.92 Å². The fourth-order valence-electron chi connectivity index (χ4n) is 3.37. The first-order chi connectivity index (χ1) is 12.4. The van der Waals surface area contributed by atoms with Gasteiger partial charge in [0.1, 0.15) is 5.92 Å². The summed E-state index contributed by atoms with van der Waals surface area (Å²) in [6.07, 6.45) is 8.48. The van der Waals surface area contributed by atoms with Crippen LogP contribution in [0.1, 0.15) is 77.6 Å². The van der Waals surface area contributed by atoms with Gasteiger partial charge in [-0.1, -0.05) is 64.7 Å². The van der Waals surface area contributed by atoms with Gasteiger partial charge in [-0.25, -0.2) is 14.4 Å². The van der Waals surface area contributed by atoms with E-state index in [0.29, 0.717) is 6.42 Å². The molecule has 1 aliphatic rings. The molecule has 8 heteroatoms. The lowest BCUT2D eigenvalue weighted by Crippen LogP contribution is -2.48. The molecule has 3 N–H and O–H groups in total. The molecule has 8 nitrogen and oxygen atoms in total. The number of carbonyl (C=O) groups is 3. The molecule has 1 aliphatic heterocycles. The first-order valence-corrected chi connectivity index (χ1v) is 9.40. The largest absolute Gasteiger partial charge is 0.478 e. The second-order valence-electron chi connectivity index (χ2n) is 6.91. The van der Waals surface area contributed by atoms with E-state index >= 15 is 0 Å². The van der Waals surface area contributed by atoms with Crippen LogP contribution in [0.5, 0.6) is 0 Å². The summed E-state index contributed by atoms with van der Waals surface area (Å²) in [5.74, 6) is -5.92. The summed E-state index contributed by atoms with van der Waals surface area (Å²) in [6, 6.07) is 0. The molecule has 0 amide bonds. The lowest BCUT2D eigenvalue weighted by atomic mass is 9.82. The van der Waals surface area contributed by atoms with Gasteiger partial charge in [0, 0.05) is 0 Å². The van der Waals surface area contributed by atoms with Crippen molar-refractivity contribution in [1.82, 2.24) is 0 Å². The van der Waals surface area contributed by atoms with Gasteiger partial charge >= 0.3 is 17.9 Å². The van der Waals surface area contributed by atoms with Crippen molar-refractivity contribution in [2.45, 2.75) is 89.3 Å².